The summed E-state index contributed by atoms with van der Waals surface area (Å²) in [5.41, 5.74) is 5.57. The Hall–Kier alpha value is -1.14. The number of hydrogen-bond donors (Lipinski definition) is 3. The predicted octanol–water partition coefficient (Wildman–Crippen LogP) is -0.752. The number of carboxylic acids is 1. The van der Waals surface area contributed by atoms with Crippen LogP contribution in [0.25, 0.3) is 0 Å². The van der Waals surface area contributed by atoms with Crippen molar-refractivity contribution in [2.45, 2.75) is 19.3 Å². The lowest BCUT2D eigenvalue weighted by Gasteiger charge is -2.15. The van der Waals surface area contributed by atoms with Gasteiger partial charge in [-0.1, -0.05) is 0 Å². The molecule has 1 fully saturated rings. The molecule has 1 heterocycles. The Labute approximate surface area is 101 Å². The van der Waals surface area contributed by atoms with E-state index in [4.69, 9.17) is 10.8 Å². The highest BCUT2D eigenvalue weighted by Crippen LogP contribution is 2.13. The van der Waals surface area contributed by atoms with Crippen molar-refractivity contribution in [1.82, 2.24) is 10.2 Å². The molecule has 1 amide bonds. The summed E-state index contributed by atoms with van der Waals surface area (Å²) < 4.78 is 0. The number of carbonyl (C=O) groups is 2. The van der Waals surface area contributed by atoms with E-state index in [1.54, 1.807) is 0 Å². The summed E-state index contributed by atoms with van der Waals surface area (Å²) in [6, 6.07) is 0. The molecule has 17 heavy (non-hydrogen) atoms. The first-order valence-corrected chi connectivity index (χ1v) is 6.02. The highest BCUT2D eigenvalue weighted by Gasteiger charge is 2.22. The zero-order chi connectivity index (χ0) is 12.7. The van der Waals surface area contributed by atoms with Crippen LogP contribution in [0, 0.1) is 5.92 Å². The molecule has 0 aliphatic carbocycles. The zero-order valence-corrected chi connectivity index (χ0v) is 10.0. The molecule has 0 radical (unpaired) electrons. The van der Waals surface area contributed by atoms with Gasteiger partial charge in [-0.05, 0) is 31.8 Å². The van der Waals surface area contributed by atoms with E-state index in [0.29, 0.717) is 32.0 Å². The van der Waals surface area contributed by atoms with E-state index < -0.39 is 5.97 Å². The molecule has 0 aromatic rings. The van der Waals surface area contributed by atoms with Crippen molar-refractivity contribution in [2.75, 3.05) is 32.7 Å². The molecular weight excluding hydrogens is 222 g/mol. The van der Waals surface area contributed by atoms with E-state index in [-0.39, 0.29) is 12.3 Å². The fourth-order valence-corrected chi connectivity index (χ4v) is 1.98. The summed E-state index contributed by atoms with van der Waals surface area (Å²) in [6.07, 6.45) is 1.63. The fraction of sp³-hybridized carbons (Fsp3) is 0.818. The molecule has 0 aromatic carbocycles. The van der Waals surface area contributed by atoms with Crippen LogP contribution in [0.3, 0.4) is 0 Å². The molecule has 0 spiro atoms. The number of nitrogens with one attached hydrogen (secondary N) is 1. The van der Waals surface area contributed by atoms with Gasteiger partial charge in [0.15, 0.2) is 0 Å². The summed E-state index contributed by atoms with van der Waals surface area (Å²) in [5, 5.41) is 11.2. The van der Waals surface area contributed by atoms with Crippen molar-refractivity contribution >= 4 is 11.9 Å². The minimum atomic E-state index is -0.829. The smallest absolute Gasteiger partial charge is 0.303 e. The second-order valence-corrected chi connectivity index (χ2v) is 4.47. The fourth-order valence-electron chi connectivity index (χ4n) is 1.98. The van der Waals surface area contributed by atoms with Crippen LogP contribution >= 0.6 is 0 Å². The Kier molecular flexibility index (Phi) is 5.93. The Morgan fingerprint density at radius 2 is 2.24 bits per heavy atom. The minimum Gasteiger partial charge on any atom is -0.481 e. The maximum atomic E-state index is 11.5. The normalized spacial score (nSPS) is 20.4. The second kappa shape index (κ2) is 7.24. The molecule has 6 nitrogen and oxygen atoms in total. The summed E-state index contributed by atoms with van der Waals surface area (Å²) in [4.78, 5) is 23.9. The molecule has 0 saturated carbocycles. The van der Waals surface area contributed by atoms with E-state index in [2.05, 4.69) is 10.2 Å². The highest BCUT2D eigenvalue weighted by molar-refractivity contribution is 5.78. The maximum Gasteiger partial charge on any atom is 0.303 e. The van der Waals surface area contributed by atoms with Crippen LogP contribution < -0.4 is 11.1 Å². The molecule has 98 valence electrons. The number of likely N-dealkylation sites (tertiary alicyclic amines) is 1. The zero-order valence-electron chi connectivity index (χ0n) is 10.0. The van der Waals surface area contributed by atoms with Gasteiger partial charge in [0, 0.05) is 19.5 Å². The predicted molar refractivity (Wildman–Crippen MR) is 63.5 cm³/mol. The molecule has 1 atom stereocenters. The Balaban J connectivity index is 2.07. The van der Waals surface area contributed by atoms with Crippen LogP contribution in [0.5, 0.6) is 0 Å². The third-order valence-corrected chi connectivity index (χ3v) is 2.96. The topological polar surface area (TPSA) is 95.7 Å². The van der Waals surface area contributed by atoms with Crippen molar-refractivity contribution < 1.29 is 14.7 Å². The van der Waals surface area contributed by atoms with Crippen LogP contribution in [0.15, 0.2) is 0 Å². The standard InChI is InChI=1S/C11H21N3O3/c12-6-9-3-5-14(7-9)8-10(15)13-4-1-2-11(16)17/h9H,1-8,12H2,(H,13,15)(H,16,17). The molecule has 0 bridgehead atoms. The molecule has 1 aliphatic rings. The number of carbonyl (C=O) groups excluding carboxylic acids is 1. The lowest BCUT2D eigenvalue weighted by molar-refractivity contribution is -0.137. The summed E-state index contributed by atoms with van der Waals surface area (Å²) in [7, 11) is 0. The third-order valence-electron chi connectivity index (χ3n) is 2.96. The molecule has 1 rings (SSSR count). The quantitative estimate of drug-likeness (QED) is 0.511. The van der Waals surface area contributed by atoms with Gasteiger partial charge in [0.05, 0.1) is 6.54 Å². The molecule has 1 unspecified atom stereocenters. The first-order valence-electron chi connectivity index (χ1n) is 6.02. The summed E-state index contributed by atoms with van der Waals surface area (Å²) in [5.74, 6) is -0.354. The van der Waals surface area contributed by atoms with Gasteiger partial charge in [0.1, 0.15) is 0 Å². The monoisotopic (exact) mass is 243 g/mol. The van der Waals surface area contributed by atoms with Crippen molar-refractivity contribution in [3.05, 3.63) is 0 Å². The van der Waals surface area contributed by atoms with Gasteiger partial charge in [-0.3, -0.25) is 14.5 Å². The van der Waals surface area contributed by atoms with Gasteiger partial charge in [0.2, 0.25) is 5.91 Å². The molecule has 4 N–H and O–H groups in total. The number of carboxylic acid groups (broad SMARTS) is 1. The van der Waals surface area contributed by atoms with Gasteiger partial charge < -0.3 is 16.2 Å². The molecular formula is C11H21N3O3. The largest absolute Gasteiger partial charge is 0.481 e. The second-order valence-electron chi connectivity index (χ2n) is 4.47. The number of amides is 1. The van der Waals surface area contributed by atoms with Crippen LogP contribution in [-0.4, -0.2) is 54.6 Å². The number of aliphatic carboxylic acids is 1. The summed E-state index contributed by atoms with van der Waals surface area (Å²) >= 11 is 0. The van der Waals surface area contributed by atoms with E-state index in [9.17, 15) is 9.59 Å². The highest BCUT2D eigenvalue weighted by atomic mass is 16.4. The maximum absolute atomic E-state index is 11.5. The van der Waals surface area contributed by atoms with Gasteiger partial charge >= 0.3 is 5.97 Å². The van der Waals surface area contributed by atoms with Crippen molar-refractivity contribution in [2.24, 2.45) is 11.7 Å². The minimum absolute atomic E-state index is 0.0342. The van der Waals surface area contributed by atoms with E-state index in [0.717, 1.165) is 19.5 Å². The van der Waals surface area contributed by atoms with Gasteiger partial charge in [-0.25, -0.2) is 0 Å². The van der Waals surface area contributed by atoms with Gasteiger partial charge in [0.25, 0.3) is 0 Å². The van der Waals surface area contributed by atoms with Crippen molar-refractivity contribution in [3.63, 3.8) is 0 Å². The van der Waals surface area contributed by atoms with E-state index in [1.807, 2.05) is 0 Å². The Bertz CT molecular complexity index is 271. The van der Waals surface area contributed by atoms with Crippen LogP contribution in [-0.2, 0) is 9.59 Å². The van der Waals surface area contributed by atoms with Gasteiger partial charge in [-0.2, -0.15) is 0 Å². The molecule has 0 aromatic heterocycles. The van der Waals surface area contributed by atoms with E-state index in [1.165, 1.54) is 0 Å². The average molecular weight is 243 g/mol. The van der Waals surface area contributed by atoms with Crippen molar-refractivity contribution in [1.29, 1.82) is 0 Å². The average Bonchev–Trinajstić information content (AvgIpc) is 2.72. The third kappa shape index (κ3) is 5.65. The Morgan fingerprint density at radius 1 is 1.47 bits per heavy atom. The van der Waals surface area contributed by atoms with Crippen LogP contribution in [0.1, 0.15) is 19.3 Å². The number of rotatable bonds is 7. The first kappa shape index (κ1) is 13.9. The lowest BCUT2D eigenvalue weighted by atomic mass is 10.1. The molecule has 6 heteroatoms. The number of nitrogens with zero attached hydrogens (tertiary/aromatic N) is 1. The lowest BCUT2D eigenvalue weighted by Crippen LogP contribution is -2.37. The summed E-state index contributed by atoms with van der Waals surface area (Å²) in [6.45, 7) is 3.31. The van der Waals surface area contributed by atoms with E-state index >= 15 is 0 Å². The number of hydrogen-bond acceptors (Lipinski definition) is 4. The number of nitrogens with two attached hydrogens (primary N) is 1. The van der Waals surface area contributed by atoms with Crippen LogP contribution in [0.2, 0.25) is 0 Å². The molecule has 1 aliphatic heterocycles. The van der Waals surface area contributed by atoms with Crippen LogP contribution in [0.4, 0.5) is 0 Å². The Morgan fingerprint density at radius 3 is 2.82 bits per heavy atom. The SMILES string of the molecule is NCC1CCN(CC(=O)NCCCC(=O)O)C1. The molecule has 1 saturated heterocycles. The first-order chi connectivity index (χ1) is 8.11. The van der Waals surface area contributed by atoms with Crippen molar-refractivity contribution in [3.8, 4) is 0 Å². The van der Waals surface area contributed by atoms with Gasteiger partial charge in [-0.15, -0.1) is 0 Å².